The van der Waals surface area contributed by atoms with Crippen LogP contribution in [0.2, 0.25) is 0 Å². The van der Waals surface area contributed by atoms with E-state index in [2.05, 4.69) is 51.1 Å². The lowest BCUT2D eigenvalue weighted by Gasteiger charge is -2.51. The molecule has 1 unspecified atom stereocenters. The Balaban J connectivity index is 2.30. The van der Waals surface area contributed by atoms with Crippen LogP contribution in [-0.4, -0.2) is 11.4 Å². The van der Waals surface area contributed by atoms with Gasteiger partial charge in [0.05, 0.1) is 5.69 Å². The molecule has 1 aliphatic heterocycles. The molecule has 3 rings (SSSR count). The van der Waals surface area contributed by atoms with E-state index in [0.29, 0.717) is 5.69 Å². The van der Waals surface area contributed by atoms with E-state index in [1.54, 1.807) is 6.92 Å². The molecular weight excluding hydrogens is 284 g/mol. The molecule has 0 fully saturated rings. The van der Waals surface area contributed by atoms with Gasteiger partial charge in [0, 0.05) is 23.6 Å². The van der Waals surface area contributed by atoms with Gasteiger partial charge in [0.2, 0.25) is 5.91 Å². The molecule has 0 bridgehead atoms. The fourth-order valence-electron chi connectivity index (χ4n) is 4.23. The molecule has 2 aromatic rings. The molecule has 0 saturated heterocycles. The molecule has 120 valence electrons. The molecule has 1 heterocycles. The lowest BCUT2D eigenvalue weighted by Crippen LogP contribution is -2.55. The average Bonchev–Trinajstić information content (AvgIpc) is 2.46. The quantitative estimate of drug-likeness (QED) is 0.806. The summed E-state index contributed by atoms with van der Waals surface area (Å²) in [5, 5.41) is 0. The molecule has 0 aromatic heterocycles. The second kappa shape index (κ2) is 5.12. The van der Waals surface area contributed by atoms with Crippen LogP contribution in [0.15, 0.2) is 48.5 Å². The van der Waals surface area contributed by atoms with Crippen molar-refractivity contribution in [3.63, 3.8) is 0 Å². The molecule has 0 saturated carbocycles. The number of nitrogens with zero attached hydrogens (tertiary/aromatic N) is 1. The van der Waals surface area contributed by atoms with Crippen LogP contribution >= 0.6 is 0 Å². The summed E-state index contributed by atoms with van der Waals surface area (Å²) in [7, 11) is 0. The summed E-state index contributed by atoms with van der Waals surface area (Å²) >= 11 is 0. The van der Waals surface area contributed by atoms with Crippen LogP contribution < -0.4 is 10.6 Å². The largest absolute Gasteiger partial charge is 0.399 e. The van der Waals surface area contributed by atoms with Crippen molar-refractivity contribution >= 4 is 17.3 Å². The topological polar surface area (TPSA) is 46.3 Å². The summed E-state index contributed by atoms with van der Waals surface area (Å²) in [6.45, 7) is 8.14. The molecule has 23 heavy (non-hydrogen) atoms. The molecule has 1 atom stereocenters. The number of carbonyl (C=O) groups excluding carboxylic acids is 1. The van der Waals surface area contributed by atoms with Gasteiger partial charge in [-0.2, -0.15) is 0 Å². The van der Waals surface area contributed by atoms with Crippen LogP contribution in [0.5, 0.6) is 0 Å². The van der Waals surface area contributed by atoms with Crippen molar-refractivity contribution in [1.29, 1.82) is 0 Å². The maximum Gasteiger partial charge on any atom is 0.224 e. The van der Waals surface area contributed by atoms with Gasteiger partial charge in [0.25, 0.3) is 0 Å². The molecule has 2 aromatic carbocycles. The smallest absolute Gasteiger partial charge is 0.224 e. The fraction of sp³-hybridized carbons (Fsp3) is 0.350. The zero-order chi connectivity index (χ0) is 16.8. The first-order valence-corrected chi connectivity index (χ1v) is 8.02. The first-order valence-electron chi connectivity index (χ1n) is 8.02. The van der Waals surface area contributed by atoms with Gasteiger partial charge in [0.1, 0.15) is 0 Å². The van der Waals surface area contributed by atoms with E-state index < -0.39 is 0 Å². The van der Waals surface area contributed by atoms with E-state index in [9.17, 15) is 4.79 Å². The van der Waals surface area contributed by atoms with Gasteiger partial charge in [-0.25, -0.2) is 0 Å². The number of nitrogen functional groups attached to an aromatic ring is 1. The van der Waals surface area contributed by atoms with E-state index >= 15 is 0 Å². The van der Waals surface area contributed by atoms with E-state index in [1.807, 2.05) is 23.1 Å². The molecule has 0 spiro atoms. The summed E-state index contributed by atoms with van der Waals surface area (Å²) < 4.78 is 0. The summed E-state index contributed by atoms with van der Waals surface area (Å²) in [5.74, 6) is 0.0527. The Bertz CT molecular complexity index is 751. The number of hydrogen-bond acceptors (Lipinski definition) is 2. The number of hydrogen-bond donors (Lipinski definition) is 1. The Morgan fingerprint density at radius 2 is 1.74 bits per heavy atom. The lowest BCUT2D eigenvalue weighted by atomic mass is 9.65. The van der Waals surface area contributed by atoms with Crippen molar-refractivity contribution in [3.05, 3.63) is 59.7 Å². The standard InChI is InChI=1S/C20H24N2O/c1-14(23)22-18-12-16(21)10-11-17(18)20(4,13-19(22,2)3)15-8-6-5-7-9-15/h5-12H,13,21H2,1-4H3. The number of fused-ring (bicyclic) bond motifs is 1. The third-order valence-electron chi connectivity index (χ3n) is 4.97. The molecule has 2 N–H and O–H groups in total. The molecule has 3 nitrogen and oxygen atoms in total. The summed E-state index contributed by atoms with van der Waals surface area (Å²) in [6, 6.07) is 16.4. The Hall–Kier alpha value is -2.29. The maximum atomic E-state index is 12.3. The minimum absolute atomic E-state index is 0.0527. The predicted molar refractivity (Wildman–Crippen MR) is 95.6 cm³/mol. The van der Waals surface area contributed by atoms with Crippen molar-refractivity contribution in [2.75, 3.05) is 10.6 Å². The van der Waals surface area contributed by atoms with Gasteiger partial charge in [-0.05, 0) is 43.5 Å². The van der Waals surface area contributed by atoms with Gasteiger partial charge in [0.15, 0.2) is 0 Å². The van der Waals surface area contributed by atoms with Gasteiger partial charge >= 0.3 is 0 Å². The van der Waals surface area contributed by atoms with E-state index in [0.717, 1.165) is 17.7 Å². The Kier molecular flexibility index (Phi) is 3.47. The highest BCUT2D eigenvalue weighted by Crippen LogP contribution is 2.50. The Morgan fingerprint density at radius 3 is 2.35 bits per heavy atom. The highest BCUT2D eigenvalue weighted by molar-refractivity contribution is 5.95. The van der Waals surface area contributed by atoms with Crippen molar-refractivity contribution in [1.82, 2.24) is 0 Å². The predicted octanol–water partition coefficient (Wildman–Crippen LogP) is 4.11. The number of rotatable bonds is 1. The molecule has 0 aliphatic carbocycles. The average molecular weight is 308 g/mol. The molecule has 0 radical (unpaired) electrons. The fourth-order valence-corrected chi connectivity index (χ4v) is 4.23. The number of anilines is 2. The van der Waals surface area contributed by atoms with E-state index in [4.69, 9.17) is 5.73 Å². The van der Waals surface area contributed by atoms with Crippen molar-refractivity contribution in [3.8, 4) is 0 Å². The molecule has 1 aliphatic rings. The third kappa shape index (κ3) is 2.40. The minimum Gasteiger partial charge on any atom is -0.399 e. The van der Waals surface area contributed by atoms with Crippen molar-refractivity contribution in [2.45, 2.75) is 45.1 Å². The Labute approximate surface area is 138 Å². The Morgan fingerprint density at radius 1 is 1.09 bits per heavy atom. The minimum atomic E-state index is -0.281. The summed E-state index contributed by atoms with van der Waals surface area (Å²) in [4.78, 5) is 14.2. The third-order valence-corrected chi connectivity index (χ3v) is 4.97. The molecule has 3 heteroatoms. The first kappa shape index (κ1) is 15.6. The van der Waals surface area contributed by atoms with Crippen LogP contribution in [-0.2, 0) is 10.2 Å². The number of carbonyl (C=O) groups is 1. The van der Waals surface area contributed by atoms with Crippen molar-refractivity contribution in [2.24, 2.45) is 0 Å². The van der Waals surface area contributed by atoms with Crippen LogP contribution in [0.4, 0.5) is 11.4 Å². The van der Waals surface area contributed by atoms with Crippen LogP contribution in [0.1, 0.15) is 45.2 Å². The number of benzene rings is 2. The highest BCUT2D eigenvalue weighted by Gasteiger charge is 2.46. The van der Waals surface area contributed by atoms with Gasteiger partial charge < -0.3 is 10.6 Å². The zero-order valence-corrected chi connectivity index (χ0v) is 14.3. The highest BCUT2D eigenvalue weighted by atomic mass is 16.2. The lowest BCUT2D eigenvalue weighted by molar-refractivity contribution is -0.117. The van der Waals surface area contributed by atoms with Crippen LogP contribution in [0.3, 0.4) is 0 Å². The molecule has 1 amide bonds. The summed E-state index contributed by atoms with van der Waals surface area (Å²) in [5.41, 5.74) is 9.63. The van der Waals surface area contributed by atoms with Crippen LogP contribution in [0, 0.1) is 0 Å². The van der Waals surface area contributed by atoms with Crippen LogP contribution in [0.25, 0.3) is 0 Å². The number of amides is 1. The van der Waals surface area contributed by atoms with E-state index in [1.165, 1.54) is 5.56 Å². The first-order chi connectivity index (χ1) is 10.8. The second-order valence-electron chi connectivity index (χ2n) is 7.32. The normalized spacial score (nSPS) is 22.5. The number of nitrogens with two attached hydrogens (primary N) is 1. The van der Waals surface area contributed by atoms with Gasteiger partial charge in [-0.15, -0.1) is 0 Å². The SMILES string of the molecule is CC(=O)N1c2cc(N)ccc2C(C)(c2ccccc2)CC1(C)C. The second-order valence-corrected chi connectivity index (χ2v) is 7.32. The summed E-state index contributed by atoms with van der Waals surface area (Å²) in [6.07, 6.45) is 0.862. The zero-order valence-electron chi connectivity index (χ0n) is 14.3. The van der Waals surface area contributed by atoms with Gasteiger partial charge in [-0.1, -0.05) is 43.3 Å². The van der Waals surface area contributed by atoms with Gasteiger partial charge in [-0.3, -0.25) is 4.79 Å². The monoisotopic (exact) mass is 308 g/mol. The molecular formula is C20H24N2O. The maximum absolute atomic E-state index is 12.3. The van der Waals surface area contributed by atoms with E-state index in [-0.39, 0.29) is 16.9 Å². The van der Waals surface area contributed by atoms with Crippen molar-refractivity contribution < 1.29 is 4.79 Å².